The molecule has 0 spiro atoms. The van der Waals surface area contributed by atoms with E-state index in [-0.39, 0.29) is 0 Å². The Bertz CT molecular complexity index is 280. The number of hydrogen-bond donors (Lipinski definition) is 0. The summed E-state index contributed by atoms with van der Waals surface area (Å²) in [6.07, 6.45) is 6.50. The smallest absolute Gasteiger partial charge is 0.0312 e. The van der Waals surface area contributed by atoms with Gasteiger partial charge in [0.2, 0.25) is 0 Å². The third-order valence-corrected chi connectivity index (χ3v) is 7.86. The molecular formula is C14H18. The predicted octanol–water partition coefficient (Wildman–Crippen LogP) is 2.79. The van der Waals surface area contributed by atoms with E-state index in [0.717, 1.165) is 0 Å². The van der Waals surface area contributed by atoms with Gasteiger partial charge in [0.05, 0.1) is 0 Å². The van der Waals surface area contributed by atoms with Crippen LogP contribution in [0.5, 0.6) is 0 Å². The van der Waals surface area contributed by atoms with Crippen molar-refractivity contribution >= 4 is 0 Å². The summed E-state index contributed by atoms with van der Waals surface area (Å²) < 4.78 is 0. The lowest BCUT2D eigenvalue weighted by molar-refractivity contribution is -0.408. The number of rotatable bonds is 0. The van der Waals surface area contributed by atoms with Crippen molar-refractivity contribution < 1.29 is 0 Å². The van der Waals surface area contributed by atoms with Gasteiger partial charge in [-0.15, -0.1) is 0 Å². The van der Waals surface area contributed by atoms with E-state index in [1.165, 1.54) is 59.2 Å². The zero-order valence-electron chi connectivity index (χ0n) is 8.60. The van der Waals surface area contributed by atoms with E-state index < -0.39 is 0 Å². The molecule has 0 aromatic carbocycles. The third-order valence-electron chi connectivity index (χ3n) is 7.86. The van der Waals surface area contributed by atoms with Gasteiger partial charge in [-0.05, 0) is 84.9 Å². The molecule has 0 saturated heterocycles. The largest absolute Gasteiger partial charge is 0.0496 e. The van der Waals surface area contributed by atoms with Crippen LogP contribution in [0.2, 0.25) is 0 Å². The molecular weight excluding hydrogens is 168 g/mol. The van der Waals surface area contributed by atoms with Crippen molar-refractivity contribution in [1.29, 1.82) is 0 Å². The van der Waals surface area contributed by atoms with Crippen molar-refractivity contribution in [1.82, 2.24) is 0 Å². The lowest BCUT2D eigenvalue weighted by Gasteiger charge is -2.88. The van der Waals surface area contributed by atoms with Gasteiger partial charge in [0, 0.05) is 0 Å². The maximum Gasteiger partial charge on any atom is -0.0312 e. The van der Waals surface area contributed by atoms with Gasteiger partial charge in [0.15, 0.2) is 0 Å². The predicted molar refractivity (Wildman–Crippen MR) is 53.4 cm³/mol. The fourth-order valence-electron chi connectivity index (χ4n) is 7.28. The van der Waals surface area contributed by atoms with E-state index in [1.54, 1.807) is 25.7 Å². The second-order valence-corrected chi connectivity index (χ2v) is 7.27. The highest BCUT2D eigenvalue weighted by molar-refractivity contribution is 5.30. The van der Waals surface area contributed by atoms with Crippen LogP contribution in [0.3, 0.4) is 0 Å². The molecule has 0 bridgehead atoms. The summed E-state index contributed by atoms with van der Waals surface area (Å²) in [6, 6.07) is 0. The minimum Gasteiger partial charge on any atom is -0.0496 e. The highest BCUT2D eigenvalue weighted by atomic mass is 14.9. The fourth-order valence-corrected chi connectivity index (χ4v) is 7.28. The molecule has 0 heterocycles. The lowest BCUT2D eigenvalue weighted by Crippen LogP contribution is -2.84. The van der Waals surface area contributed by atoms with E-state index >= 15 is 0 Å². The third kappa shape index (κ3) is 0.378. The Kier molecular flexibility index (Phi) is 0.758. The first-order valence-electron chi connectivity index (χ1n) is 6.97. The molecule has 0 N–H and O–H groups in total. The van der Waals surface area contributed by atoms with Crippen molar-refractivity contribution in [2.75, 3.05) is 0 Å². The van der Waals surface area contributed by atoms with Crippen molar-refractivity contribution in [3.8, 4) is 0 Å². The zero-order valence-corrected chi connectivity index (χ0v) is 8.60. The van der Waals surface area contributed by atoms with Gasteiger partial charge in [-0.2, -0.15) is 0 Å². The Hall–Kier alpha value is 0. The molecule has 6 fully saturated rings. The van der Waals surface area contributed by atoms with E-state index in [0.29, 0.717) is 0 Å². The maximum atomic E-state index is 1.63. The van der Waals surface area contributed by atoms with Crippen molar-refractivity contribution in [3.05, 3.63) is 0 Å². The first kappa shape index (κ1) is 6.55. The topological polar surface area (TPSA) is 0 Å². The second kappa shape index (κ2) is 1.62. The maximum absolute atomic E-state index is 1.63. The molecule has 0 radical (unpaired) electrons. The van der Waals surface area contributed by atoms with Gasteiger partial charge in [-0.3, -0.25) is 0 Å². The van der Waals surface area contributed by atoms with Gasteiger partial charge < -0.3 is 0 Å². The van der Waals surface area contributed by atoms with Crippen LogP contribution in [-0.2, 0) is 0 Å². The number of fused-ring (bicyclic) bond motifs is 13. The van der Waals surface area contributed by atoms with Crippen LogP contribution in [0, 0.1) is 59.2 Å². The molecule has 6 unspecified atom stereocenters. The molecule has 0 heteroatoms. The summed E-state index contributed by atoms with van der Waals surface area (Å²) in [4.78, 5) is 0. The molecule has 6 aliphatic rings. The molecule has 74 valence electrons. The fraction of sp³-hybridized carbons (Fsp3) is 1.00. The van der Waals surface area contributed by atoms with Crippen molar-refractivity contribution in [2.24, 2.45) is 59.2 Å². The molecule has 0 aliphatic heterocycles. The summed E-state index contributed by atoms with van der Waals surface area (Å²) in [5.74, 6) is 12.8. The lowest BCUT2D eigenvalue weighted by atomic mass is 9.17. The molecule has 14 heavy (non-hydrogen) atoms. The van der Waals surface area contributed by atoms with Crippen molar-refractivity contribution in [2.45, 2.75) is 25.7 Å². The molecule has 6 saturated carbocycles. The SMILES string of the molecule is C1C[C@@H]2C1[C@H]1C2C2C3C4CC[C@H]4[C@H]3C21. The van der Waals surface area contributed by atoms with Gasteiger partial charge in [0.25, 0.3) is 0 Å². The average molecular weight is 186 g/mol. The molecule has 0 nitrogen and oxygen atoms in total. The quantitative estimate of drug-likeness (QED) is 0.510. The summed E-state index contributed by atoms with van der Waals surface area (Å²) in [6.45, 7) is 0. The second-order valence-electron chi connectivity index (χ2n) is 7.27. The van der Waals surface area contributed by atoms with E-state index in [2.05, 4.69) is 0 Å². The van der Waals surface area contributed by atoms with E-state index in [4.69, 9.17) is 0 Å². The first-order chi connectivity index (χ1) is 6.97. The van der Waals surface area contributed by atoms with Crippen LogP contribution in [0.1, 0.15) is 25.7 Å². The van der Waals surface area contributed by atoms with E-state index in [9.17, 15) is 0 Å². The normalized spacial score (nSPS) is 84.0. The Morgan fingerprint density at radius 3 is 0.857 bits per heavy atom. The Balaban J connectivity index is 1.39. The van der Waals surface area contributed by atoms with Crippen LogP contribution in [0.4, 0.5) is 0 Å². The summed E-state index contributed by atoms with van der Waals surface area (Å²) in [7, 11) is 0. The highest BCUT2D eigenvalue weighted by Gasteiger charge is 2.82. The molecule has 10 atom stereocenters. The van der Waals surface area contributed by atoms with E-state index in [1.807, 2.05) is 0 Å². The summed E-state index contributed by atoms with van der Waals surface area (Å²) in [5.41, 5.74) is 0. The van der Waals surface area contributed by atoms with Crippen LogP contribution in [-0.4, -0.2) is 0 Å². The molecule has 0 aromatic rings. The minimum atomic E-state index is 1.27. The molecule has 0 aromatic heterocycles. The summed E-state index contributed by atoms with van der Waals surface area (Å²) in [5, 5.41) is 0. The van der Waals surface area contributed by atoms with Crippen LogP contribution in [0.25, 0.3) is 0 Å². The minimum absolute atomic E-state index is 1.27. The zero-order chi connectivity index (χ0) is 8.60. The Morgan fingerprint density at radius 1 is 0.357 bits per heavy atom. The number of hydrogen-bond acceptors (Lipinski definition) is 0. The molecule has 6 rings (SSSR count). The first-order valence-corrected chi connectivity index (χ1v) is 6.97. The van der Waals surface area contributed by atoms with Gasteiger partial charge in [-0.1, -0.05) is 0 Å². The van der Waals surface area contributed by atoms with Crippen molar-refractivity contribution in [3.63, 3.8) is 0 Å². The van der Waals surface area contributed by atoms with Crippen LogP contribution >= 0.6 is 0 Å². The van der Waals surface area contributed by atoms with Gasteiger partial charge >= 0.3 is 0 Å². The molecule has 6 aliphatic carbocycles. The Labute approximate surface area is 85.4 Å². The summed E-state index contributed by atoms with van der Waals surface area (Å²) >= 11 is 0. The van der Waals surface area contributed by atoms with Gasteiger partial charge in [-0.25, -0.2) is 0 Å². The van der Waals surface area contributed by atoms with Crippen LogP contribution in [0.15, 0.2) is 0 Å². The highest BCUT2D eigenvalue weighted by Crippen LogP contribution is 2.87. The standard InChI is InChI=1S/C14H18/c1-2-6-5(1)9-10(6)14-12-8-4-3-7(8)11(12)13(9)14/h5-14H,1-4H2/t5-,6?,7?,8-,9-,10?,11+,12?,13?,14?/m1/s1. The Morgan fingerprint density at radius 2 is 0.643 bits per heavy atom. The van der Waals surface area contributed by atoms with Crippen LogP contribution < -0.4 is 0 Å². The average Bonchev–Trinajstić information content (AvgIpc) is 2.10. The monoisotopic (exact) mass is 186 g/mol. The van der Waals surface area contributed by atoms with Gasteiger partial charge in [0.1, 0.15) is 0 Å². The molecule has 0 amide bonds.